The Morgan fingerprint density at radius 3 is 2.89 bits per heavy atom. The maximum Gasteiger partial charge on any atom is 0.0476 e. The second kappa shape index (κ2) is 6.73. The van der Waals surface area contributed by atoms with Crippen LogP contribution in [0.25, 0.3) is 0 Å². The first-order chi connectivity index (χ1) is 9.10. The van der Waals surface area contributed by atoms with E-state index in [4.69, 9.17) is 0 Å². The van der Waals surface area contributed by atoms with Gasteiger partial charge >= 0.3 is 0 Å². The summed E-state index contributed by atoms with van der Waals surface area (Å²) in [4.78, 5) is 2.39. The lowest BCUT2D eigenvalue weighted by Gasteiger charge is -2.23. The molecule has 0 aliphatic carbocycles. The number of rotatable bonds is 5. The van der Waals surface area contributed by atoms with Crippen LogP contribution < -0.4 is 10.2 Å². The number of aliphatic hydroxyl groups is 1. The predicted molar refractivity (Wildman–Crippen MR) is 83.5 cm³/mol. The number of anilines is 1. The zero-order valence-electron chi connectivity index (χ0n) is 11.7. The van der Waals surface area contributed by atoms with Gasteiger partial charge < -0.3 is 15.3 Å². The van der Waals surface area contributed by atoms with Gasteiger partial charge in [0.25, 0.3) is 0 Å². The summed E-state index contributed by atoms with van der Waals surface area (Å²) in [7, 11) is 0. The van der Waals surface area contributed by atoms with Crippen molar-refractivity contribution in [3.8, 4) is 0 Å². The zero-order chi connectivity index (χ0) is 13.8. The quantitative estimate of drug-likeness (QED) is 0.873. The van der Waals surface area contributed by atoms with Crippen LogP contribution in [0.1, 0.15) is 25.8 Å². The van der Waals surface area contributed by atoms with Crippen molar-refractivity contribution in [3.05, 3.63) is 28.2 Å². The van der Waals surface area contributed by atoms with E-state index in [1.165, 1.54) is 11.3 Å². The largest absolute Gasteiger partial charge is 0.396 e. The molecule has 0 aromatic heterocycles. The summed E-state index contributed by atoms with van der Waals surface area (Å²) in [6, 6.07) is 6.95. The normalized spacial score (nSPS) is 19.4. The minimum Gasteiger partial charge on any atom is -0.396 e. The van der Waals surface area contributed by atoms with Gasteiger partial charge in [0.2, 0.25) is 0 Å². The molecule has 1 aromatic carbocycles. The lowest BCUT2D eigenvalue weighted by molar-refractivity contribution is 0.238. The second-order valence-corrected chi connectivity index (χ2v) is 6.51. The van der Waals surface area contributed by atoms with Crippen molar-refractivity contribution in [2.45, 2.75) is 32.9 Å². The maximum absolute atomic E-state index is 9.27. The first-order valence-corrected chi connectivity index (χ1v) is 7.77. The molecule has 2 N–H and O–H groups in total. The molecule has 1 unspecified atom stereocenters. The van der Waals surface area contributed by atoms with Crippen LogP contribution in [0.5, 0.6) is 0 Å². The molecule has 0 spiro atoms. The highest BCUT2D eigenvalue weighted by Gasteiger charge is 2.23. The monoisotopic (exact) mass is 326 g/mol. The first-order valence-electron chi connectivity index (χ1n) is 6.97. The molecule has 1 aromatic rings. The molecule has 0 bridgehead atoms. The third-order valence-corrected chi connectivity index (χ3v) is 4.12. The molecule has 1 aliphatic heterocycles. The Morgan fingerprint density at radius 1 is 1.47 bits per heavy atom. The van der Waals surface area contributed by atoms with Gasteiger partial charge in [-0.1, -0.05) is 29.8 Å². The van der Waals surface area contributed by atoms with Crippen LogP contribution in [0, 0.1) is 5.92 Å². The minimum absolute atomic E-state index is 0.298. The van der Waals surface area contributed by atoms with Gasteiger partial charge in [0.15, 0.2) is 0 Å². The first kappa shape index (κ1) is 14.8. The minimum atomic E-state index is 0.298. The molecule has 1 fully saturated rings. The molecule has 1 saturated heterocycles. The van der Waals surface area contributed by atoms with Gasteiger partial charge in [-0.05, 0) is 30.2 Å². The summed E-state index contributed by atoms with van der Waals surface area (Å²) in [5.74, 6) is 0.426. The summed E-state index contributed by atoms with van der Waals surface area (Å²) in [6.45, 7) is 7.51. The summed E-state index contributed by atoms with van der Waals surface area (Å²) < 4.78 is 1.12. The van der Waals surface area contributed by atoms with E-state index in [-0.39, 0.29) is 0 Å². The molecule has 106 valence electrons. The maximum atomic E-state index is 9.27. The lowest BCUT2D eigenvalue weighted by Crippen LogP contribution is -2.26. The van der Waals surface area contributed by atoms with Crippen LogP contribution in [-0.2, 0) is 6.54 Å². The van der Waals surface area contributed by atoms with E-state index in [2.05, 4.69) is 58.2 Å². The fourth-order valence-corrected chi connectivity index (χ4v) is 2.93. The highest BCUT2D eigenvalue weighted by Crippen LogP contribution is 2.29. The predicted octanol–water partition coefficient (Wildman–Crippen LogP) is 2.77. The van der Waals surface area contributed by atoms with E-state index in [1.54, 1.807) is 0 Å². The molecule has 0 amide bonds. The Labute approximate surface area is 124 Å². The molecule has 3 nitrogen and oxygen atoms in total. The Balaban J connectivity index is 2.14. The SMILES string of the molecule is CC(C)NCc1cc(Br)ccc1N1CCC(CO)C1. The van der Waals surface area contributed by atoms with Gasteiger partial charge in [0.05, 0.1) is 0 Å². The number of aliphatic hydroxyl groups excluding tert-OH is 1. The fraction of sp³-hybridized carbons (Fsp3) is 0.600. The van der Waals surface area contributed by atoms with Gasteiger partial charge in [0.1, 0.15) is 0 Å². The number of nitrogens with one attached hydrogen (secondary N) is 1. The third-order valence-electron chi connectivity index (χ3n) is 3.63. The van der Waals surface area contributed by atoms with E-state index in [0.717, 1.165) is 30.5 Å². The van der Waals surface area contributed by atoms with Gasteiger partial charge in [-0.25, -0.2) is 0 Å². The van der Waals surface area contributed by atoms with Crippen LogP contribution in [0.15, 0.2) is 22.7 Å². The molecule has 19 heavy (non-hydrogen) atoms. The molecule has 4 heteroatoms. The van der Waals surface area contributed by atoms with Crippen LogP contribution in [0.2, 0.25) is 0 Å². The molecule has 0 saturated carbocycles. The van der Waals surface area contributed by atoms with Crippen molar-refractivity contribution in [1.82, 2.24) is 5.32 Å². The average molecular weight is 327 g/mol. The van der Waals surface area contributed by atoms with Crippen molar-refractivity contribution in [3.63, 3.8) is 0 Å². The van der Waals surface area contributed by atoms with Crippen molar-refractivity contribution >= 4 is 21.6 Å². The molecule has 1 atom stereocenters. The average Bonchev–Trinajstić information content (AvgIpc) is 2.85. The Bertz CT molecular complexity index is 423. The van der Waals surface area contributed by atoms with Crippen LogP contribution in [0.3, 0.4) is 0 Å². The summed E-state index contributed by atoms with van der Waals surface area (Å²) in [5.41, 5.74) is 2.62. The number of halogens is 1. The van der Waals surface area contributed by atoms with Crippen LogP contribution in [0.4, 0.5) is 5.69 Å². The van der Waals surface area contributed by atoms with Gasteiger partial charge in [-0.2, -0.15) is 0 Å². The standard InChI is InChI=1S/C15H23BrN2O/c1-11(2)17-8-13-7-14(16)3-4-15(13)18-6-5-12(9-18)10-19/h3-4,7,11-12,17,19H,5-6,8-10H2,1-2H3. The second-order valence-electron chi connectivity index (χ2n) is 5.59. The van der Waals surface area contributed by atoms with Crippen LogP contribution in [-0.4, -0.2) is 30.8 Å². The van der Waals surface area contributed by atoms with Crippen molar-refractivity contribution in [1.29, 1.82) is 0 Å². The van der Waals surface area contributed by atoms with Gasteiger partial charge in [0, 0.05) is 48.4 Å². The van der Waals surface area contributed by atoms with Crippen molar-refractivity contribution in [2.24, 2.45) is 5.92 Å². The fourth-order valence-electron chi connectivity index (χ4n) is 2.52. The number of benzene rings is 1. The smallest absolute Gasteiger partial charge is 0.0476 e. The molecule has 0 radical (unpaired) electrons. The zero-order valence-corrected chi connectivity index (χ0v) is 13.3. The van der Waals surface area contributed by atoms with Gasteiger partial charge in [-0.15, -0.1) is 0 Å². The summed E-state index contributed by atoms with van der Waals surface area (Å²) in [6.07, 6.45) is 1.09. The summed E-state index contributed by atoms with van der Waals surface area (Å²) >= 11 is 3.55. The van der Waals surface area contributed by atoms with E-state index in [9.17, 15) is 5.11 Å². The molecule has 2 rings (SSSR count). The van der Waals surface area contributed by atoms with E-state index in [0.29, 0.717) is 18.6 Å². The Hall–Kier alpha value is -0.580. The number of hydrogen-bond donors (Lipinski definition) is 2. The Kier molecular flexibility index (Phi) is 5.25. The summed E-state index contributed by atoms with van der Waals surface area (Å²) in [5, 5.41) is 12.8. The molecule has 1 aliphatic rings. The van der Waals surface area contributed by atoms with E-state index in [1.807, 2.05) is 0 Å². The van der Waals surface area contributed by atoms with Gasteiger partial charge in [-0.3, -0.25) is 0 Å². The van der Waals surface area contributed by atoms with Crippen molar-refractivity contribution < 1.29 is 5.11 Å². The molecule has 1 heterocycles. The third kappa shape index (κ3) is 3.94. The topological polar surface area (TPSA) is 35.5 Å². The van der Waals surface area contributed by atoms with Crippen LogP contribution >= 0.6 is 15.9 Å². The lowest BCUT2D eigenvalue weighted by atomic mass is 10.1. The van der Waals surface area contributed by atoms with E-state index >= 15 is 0 Å². The number of hydrogen-bond acceptors (Lipinski definition) is 3. The highest BCUT2D eigenvalue weighted by atomic mass is 79.9. The highest BCUT2D eigenvalue weighted by molar-refractivity contribution is 9.10. The molecular formula is C15H23BrN2O. The number of nitrogens with zero attached hydrogens (tertiary/aromatic N) is 1. The molecular weight excluding hydrogens is 304 g/mol. The van der Waals surface area contributed by atoms with Crippen molar-refractivity contribution in [2.75, 3.05) is 24.6 Å². The van der Waals surface area contributed by atoms with E-state index < -0.39 is 0 Å². The Morgan fingerprint density at radius 2 is 2.26 bits per heavy atom.